The molecule has 0 spiro atoms. The van der Waals surface area contributed by atoms with Crippen molar-refractivity contribution >= 4 is 28.6 Å². The first-order chi connectivity index (χ1) is 13.3. The molecule has 0 atom stereocenters. The summed E-state index contributed by atoms with van der Waals surface area (Å²) < 4.78 is 11.0. The maximum atomic E-state index is 12.1. The number of aromatic nitrogens is 1. The Morgan fingerprint density at radius 3 is 2.56 bits per heavy atom. The number of benzene rings is 2. The monoisotopic (exact) mass is 382 g/mol. The number of rotatable bonds is 9. The summed E-state index contributed by atoms with van der Waals surface area (Å²) in [6, 6.07) is 17.3. The minimum absolute atomic E-state index is 0.0174. The van der Waals surface area contributed by atoms with E-state index < -0.39 is 0 Å². The van der Waals surface area contributed by atoms with Crippen LogP contribution in [-0.2, 0) is 4.79 Å². The number of hydrogen-bond donors (Lipinski definition) is 1. The quantitative estimate of drug-likeness (QED) is 0.449. The van der Waals surface area contributed by atoms with E-state index in [9.17, 15) is 4.79 Å². The van der Waals surface area contributed by atoms with Gasteiger partial charge in [0.1, 0.15) is 18.1 Å². The molecule has 1 amide bonds. The number of fused-ring (bicyclic) bond motifs is 1. The van der Waals surface area contributed by atoms with Crippen LogP contribution in [0.4, 0.5) is 0 Å². The lowest BCUT2D eigenvalue weighted by Gasteiger charge is -2.09. The Morgan fingerprint density at radius 2 is 1.78 bits per heavy atom. The molecule has 0 fully saturated rings. The van der Waals surface area contributed by atoms with E-state index in [-0.39, 0.29) is 5.91 Å². The van der Waals surface area contributed by atoms with E-state index in [0.717, 1.165) is 27.3 Å². The van der Waals surface area contributed by atoms with Crippen LogP contribution >= 0.6 is 11.8 Å². The zero-order valence-electron chi connectivity index (χ0n) is 15.2. The predicted octanol–water partition coefficient (Wildman–Crippen LogP) is 3.92. The van der Waals surface area contributed by atoms with Gasteiger partial charge in [-0.1, -0.05) is 18.2 Å². The second-order valence-corrected chi connectivity index (χ2v) is 6.73. The van der Waals surface area contributed by atoms with E-state index in [1.807, 2.05) is 61.5 Å². The van der Waals surface area contributed by atoms with Gasteiger partial charge in [0.05, 0.1) is 24.4 Å². The van der Waals surface area contributed by atoms with Crippen molar-refractivity contribution in [3.8, 4) is 11.5 Å². The number of thioether (sulfide) groups is 1. The summed E-state index contributed by atoms with van der Waals surface area (Å²) in [7, 11) is 0. The molecule has 27 heavy (non-hydrogen) atoms. The summed E-state index contributed by atoms with van der Waals surface area (Å²) >= 11 is 1.51. The minimum Gasteiger partial charge on any atom is -0.494 e. The fourth-order valence-electron chi connectivity index (χ4n) is 2.55. The van der Waals surface area contributed by atoms with Crippen molar-refractivity contribution < 1.29 is 14.3 Å². The number of carbonyl (C=O) groups excluding carboxylic acids is 1. The smallest absolute Gasteiger partial charge is 0.230 e. The molecule has 0 unspecified atom stereocenters. The summed E-state index contributed by atoms with van der Waals surface area (Å²) in [5.74, 6) is 1.91. The van der Waals surface area contributed by atoms with Crippen molar-refractivity contribution in [1.82, 2.24) is 10.3 Å². The zero-order chi connectivity index (χ0) is 18.9. The van der Waals surface area contributed by atoms with Crippen LogP contribution in [0, 0.1) is 0 Å². The predicted molar refractivity (Wildman–Crippen MR) is 109 cm³/mol. The van der Waals surface area contributed by atoms with Gasteiger partial charge in [-0.3, -0.25) is 9.78 Å². The number of carbonyl (C=O) groups is 1. The van der Waals surface area contributed by atoms with Crippen molar-refractivity contribution in [2.24, 2.45) is 0 Å². The summed E-state index contributed by atoms with van der Waals surface area (Å²) in [6.45, 7) is 3.47. The van der Waals surface area contributed by atoms with E-state index in [2.05, 4.69) is 10.3 Å². The van der Waals surface area contributed by atoms with E-state index in [1.54, 1.807) is 6.20 Å². The molecule has 0 saturated carbocycles. The topological polar surface area (TPSA) is 60.5 Å². The minimum atomic E-state index is -0.0174. The van der Waals surface area contributed by atoms with Crippen LogP contribution in [0.2, 0.25) is 0 Å². The van der Waals surface area contributed by atoms with Gasteiger partial charge in [0, 0.05) is 16.5 Å². The standard InChI is InChI=1S/C21H22N2O3S/c1-2-25-16-7-9-17(10-8-16)26-14-13-23-21(24)15-27-20-11-12-22-19-6-4-3-5-18(19)20/h3-12H,2,13-15H2,1H3,(H,23,24). The largest absolute Gasteiger partial charge is 0.494 e. The Hall–Kier alpha value is -2.73. The van der Waals surface area contributed by atoms with Crippen LogP contribution < -0.4 is 14.8 Å². The molecule has 0 aliphatic carbocycles. The highest BCUT2D eigenvalue weighted by Gasteiger charge is 2.06. The van der Waals surface area contributed by atoms with Crippen molar-refractivity contribution in [3.05, 3.63) is 60.8 Å². The molecule has 0 bridgehead atoms. The highest BCUT2D eigenvalue weighted by Crippen LogP contribution is 2.26. The third-order valence-corrected chi connectivity index (χ3v) is 4.87. The third kappa shape index (κ3) is 5.62. The Labute approximate surface area is 163 Å². The lowest BCUT2D eigenvalue weighted by atomic mass is 10.2. The molecule has 0 saturated heterocycles. The number of amides is 1. The van der Waals surface area contributed by atoms with Crippen LogP contribution in [0.15, 0.2) is 65.7 Å². The van der Waals surface area contributed by atoms with Gasteiger partial charge in [-0.2, -0.15) is 0 Å². The zero-order valence-corrected chi connectivity index (χ0v) is 16.0. The lowest BCUT2D eigenvalue weighted by molar-refractivity contribution is -0.118. The Bertz CT molecular complexity index is 879. The SMILES string of the molecule is CCOc1ccc(OCCNC(=O)CSc2ccnc3ccccc23)cc1. The first kappa shape index (κ1) is 19.0. The molecule has 0 radical (unpaired) electrons. The van der Waals surface area contributed by atoms with E-state index in [0.29, 0.717) is 25.5 Å². The van der Waals surface area contributed by atoms with Crippen LogP contribution in [0.1, 0.15) is 6.92 Å². The van der Waals surface area contributed by atoms with Crippen molar-refractivity contribution in [2.45, 2.75) is 11.8 Å². The molecule has 140 valence electrons. The highest BCUT2D eigenvalue weighted by molar-refractivity contribution is 8.00. The normalized spacial score (nSPS) is 10.6. The number of nitrogens with one attached hydrogen (secondary N) is 1. The van der Waals surface area contributed by atoms with Gasteiger partial charge >= 0.3 is 0 Å². The second kappa shape index (κ2) is 9.83. The van der Waals surface area contributed by atoms with Gasteiger partial charge in [0.15, 0.2) is 0 Å². The average molecular weight is 382 g/mol. The number of pyridine rings is 1. The molecule has 0 aliphatic rings. The summed E-state index contributed by atoms with van der Waals surface area (Å²) in [5, 5.41) is 3.94. The summed E-state index contributed by atoms with van der Waals surface area (Å²) in [6.07, 6.45) is 1.77. The number of hydrogen-bond acceptors (Lipinski definition) is 5. The summed E-state index contributed by atoms with van der Waals surface area (Å²) in [4.78, 5) is 17.5. The number of ether oxygens (including phenoxy) is 2. The molecular weight excluding hydrogens is 360 g/mol. The van der Waals surface area contributed by atoms with Crippen molar-refractivity contribution in [2.75, 3.05) is 25.5 Å². The molecule has 5 nitrogen and oxygen atoms in total. The van der Waals surface area contributed by atoms with E-state index in [1.165, 1.54) is 11.8 Å². The molecule has 3 rings (SSSR count). The number of para-hydroxylation sites is 1. The van der Waals surface area contributed by atoms with Crippen LogP contribution in [0.5, 0.6) is 11.5 Å². The molecule has 1 heterocycles. The molecule has 2 aromatic carbocycles. The maximum Gasteiger partial charge on any atom is 0.230 e. The first-order valence-corrected chi connectivity index (χ1v) is 9.83. The second-order valence-electron chi connectivity index (χ2n) is 5.72. The van der Waals surface area contributed by atoms with Crippen LogP contribution in [0.25, 0.3) is 10.9 Å². The van der Waals surface area contributed by atoms with Crippen molar-refractivity contribution in [1.29, 1.82) is 0 Å². The fraction of sp³-hybridized carbons (Fsp3) is 0.238. The fourth-order valence-corrected chi connectivity index (χ4v) is 3.42. The van der Waals surface area contributed by atoms with Gasteiger partial charge < -0.3 is 14.8 Å². The van der Waals surface area contributed by atoms with Crippen molar-refractivity contribution in [3.63, 3.8) is 0 Å². The Kier molecular flexibility index (Phi) is 6.93. The van der Waals surface area contributed by atoms with Gasteiger partial charge in [-0.15, -0.1) is 11.8 Å². The van der Waals surface area contributed by atoms with Gasteiger partial charge in [-0.25, -0.2) is 0 Å². The van der Waals surface area contributed by atoms with E-state index in [4.69, 9.17) is 9.47 Å². The molecule has 0 aliphatic heterocycles. The highest BCUT2D eigenvalue weighted by atomic mass is 32.2. The first-order valence-electron chi connectivity index (χ1n) is 8.85. The molecule has 3 aromatic rings. The van der Waals surface area contributed by atoms with Gasteiger partial charge in [-0.05, 0) is 43.3 Å². The molecular formula is C21H22N2O3S. The van der Waals surface area contributed by atoms with Gasteiger partial charge in [0.2, 0.25) is 5.91 Å². The van der Waals surface area contributed by atoms with E-state index >= 15 is 0 Å². The van der Waals surface area contributed by atoms with Crippen LogP contribution in [-0.4, -0.2) is 36.4 Å². The van der Waals surface area contributed by atoms with Gasteiger partial charge in [0.25, 0.3) is 0 Å². The molecule has 6 heteroatoms. The molecule has 1 aromatic heterocycles. The lowest BCUT2D eigenvalue weighted by Crippen LogP contribution is -2.29. The summed E-state index contributed by atoms with van der Waals surface area (Å²) in [5.41, 5.74) is 0.937. The maximum absolute atomic E-state index is 12.1. The average Bonchev–Trinajstić information content (AvgIpc) is 2.71. The Morgan fingerprint density at radius 1 is 1.04 bits per heavy atom. The Balaban J connectivity index is 1.39. The third-order valence-electron chi connectivity index (χ3n) is 3.80. The van der Waals surface area contributed by atoms with Crippen LogP contribution in [0.3, 0.4) is 0 Å². The number of nitrogens with zero attached hydrogens (tertiary/aromatic N) is 1. The molecule has 1 N–H and O–H groups in total.